The second-order valence-corrected chi connectivity index (χ2v) is 5.76. The first-order valence-corrected chi connectivity index (χ1v) is 7.83. The van der Waals surface area contributed by atoms with Gasteiger partial charge in [-0.3, -0.25) is 19.6 Å². The Hall–Kier alpha value is -2.84. The molecule has 2 aliphatic rings. The van der Waals surface area contributed by atoms with Gasteiger partial charge in [-0.05, 0) is 12.2 Å². The van der Waals surface area contributed by atoms with E-state index in [1.165, 1.54) is 18.2 Å². The largest absolute Gasteiger partial charge is 0.298 e. The van der Waals surface area contributed by atoms with Crippen LogP contribution >= 0.6 is 0 Å². The second kappa shape index (κ2) is 6.95. The minimum atomic E-state index is -4.66. The first-order valence-electron chi connectivity index (χ1n) is 6.39. The van der Waals surface area contributed by atoms with Gasteiger partial charge in [-0.15, -0.1) is 0 Å². The van der Waals surface area contributed by atoms with Crippen molar-refractivity contribution < 1.29 is 22.6 Å². The summed E-state index contributed by atoms with van der Waals surface area (Å²) >= 11 is 0. The lowest BCUT2D eigenvalue weighted by molar-refractivity contribution is 0.0989. The molecule has 0 saturated carbocycles. The third-order valence-electron chi connectivity index (χ3n) is 2.83. The molecular formula is C15H12N2O5S. The Morgan fingerprint density at radius 3 is 2.39 bits per heavy atom. The molecule has 3 rings (SSSR count). The van der Waals surface area contributed by atoms with Crippen LogP contribution in [0.3, 0.4) is 0 Å². The van der Waals surface area contributed by atoms with E-state index in [2.05, 4.69) is 10.5 Å². The third-order valence-corrected chi connectivity index (χ3v) is 3.69. The summed E-state index contributed by atoms with van der Waals surface area (Å²) in [5.41, 5.74) is 2.80. The maximum absolute atomic E-state index is 11.6. The first kappa shape index (κ1) is 16.5. The highest BCUT2D eigenvalue weighted by Gasteiger charge is 2.31. The molecule has 0 spiro atoms. The number of Topliss-reactive ketones (excluding diaryl/α,β-unsaturated/α-hetero) is 1. The number of carbonyl (C=O) groups is 2. The summed E-state index contributed by atoms with van der Waals surface area (Å²) in [6, 6.07) is 5.84. The van der Waals surface area contributed by atoms with Crippen LogP contribution in [0.15, 0.2) is 64.8 Å². The minimum absolute atomic E-state index is 0.0115. The van der Waals surface area contributed by atoms with Crippen molar-refractivity contribution in [3.8, 4) is 0 Å². The Kier molecular flexibility index (Phi) is 4.99. The maximum Gasteiger partial charge on any atom is 0.298 e. The summed E-state index contributed by atoms with van der Waals surface area (Å²) in [4.78, 5) is 22.3. The number of nitrogens with one attached hydrogen (secondary N) is 1. The predicted octanol–water partition coefficient (Wildman–Crippen LogP) is 1.48. The third kappa shape index (κ3) is 4.09. The first-order chi connectivity index (χ1) is 10.9. The predicted molar refractivity (Wildman–Crippen MR) is 84.6 cm³/mol. The number of allylic oxidation sites excluding steroid dienone is 5. The lowest BCUT2D eigenvalue weighted by Crippen LogP contribution is -2.21. The van der Waals surface area contributed by atoms with Gasteiger partial charge < -0.3 is 0 Å². The molecule has 0 radical (unpaired) electrons. The number of hydrazone groups is 1. The van der Waals surface area contributed by atoms with E-state index in [9.17, 15) is 18.0 Å². The quantitative estimate of drug-likeness (QED) is 0.753. The SMILES string of the molecule is C1=CC=NNC=C1.O=C1C=C(S(=O)(=O)O)C(=O)c2ccccc21. The molecule has 118 valence electrons. The van der Waals surface area contributed by atoms with Gasteiger partial charge in [0.25, 0.3) is 10.1 Å². The van der Waals surface area contributed by atoms with Crippen LogP contribution < -0.4 is 5.43 Å². The van der Waals surface area contributed by atoms with E-state index in [0.29, 0.717) is 6.08 Å². The van der Waals surface area contributed by atoms with Crippen LogP contribution in [0, 0.1) is 0 Å². The Labute approximate surface area is 132 Å². The fraction of sp³-hybridized carbons (Fsp3) is 0. The molecule has 0 saturated heterocycles. The average Bonchev–Trinajstić information content (AvgIpc) is 2.83. The molecule has 2 N–H and O–H groups in total. The topological polar surface area (TPSA) is 113 Å². The van der Waals surface area contributed by atoms with Crippen molar-refractivity contribution >= 4 is 27.9 Å². The van der Waals surface area contributed by atoms with Gasteiger partial charge >= 0.3 is 0 Å². The Balaban J connectivity index is 0.000000229. The summed E-state index contributed by atoms with van der Waals surface area (Å²) in [6.45, 7) is 0. The fourth-order valence-corrected chi connectivity index (χ4v) is 2.42. The fourth-order valence-electron chi connectivity index (χ4n) is 1.82. The Morgan fingerprint density at radius 1 is 1.00 bits per heavy atom. The van der Waals surface area contributed by atoms with Gasteiger partial charge in [0.2, 0.25) is 5.78 Å². The molecule has 0 bridgehead atoms. The lowest BCUT2D eigenvalue weighted by atomic mass is 9.95. The highest BCUT2D eigenvalue weighted by Crippen LogP contribution is 2.23. The van der Waals surface area contributed by atoms with E-state index >= 15 is 0 Å². The van der Waals surface area contributed by atoms with E-state index < -0.39 is 26.6 Å². The van der Waals surface area contributed by atoms with Gasteiger partial charge in [-0.2, -0.15) is 13.5 Å². The van der Waals surface area contributed by atoms with E-state index in [1.54, 1.807) is 18.5 Å². The molecule has 0 unspecified atom stereocenters. The molecule has 0 atom stereocenters. The van der Waals surface area contributed by atoms with Crippen LogP contribution in [-0.2, 0) is 10.1 Å². The normalized spacial score (nSPS) is 15.8. The molecular weight excluding hydrogens is 320 g/mol. The number of hydrogen-bond donors (Lipinski definition) is 2. The van der Waals surface area contributed by atoms with Crippen molar-refractivity contribution in [1.29, 1.82) is 0 Å². The number of benzene rings is 1. The van der Waals surface area contributed by atoms with Crippen molar-refractivity contribution in [2.24, 2.45) is 5.10 Å². The monoisotopic (exact) mass is 332 g/mol. The molecule has 1 aromatic rings. The molecule has 0 aromatic heterocycles. The number of nitrogens with zero attached hydrogens (tertiary/aromatic N) is 1. The van der Waals surface area contributed by atoms with Crippen LogP contribution in [0.25, 0.3) is 0 Å². The van der Waals surface area contributed by atoms with Gasteiger partial charge in [0, 0.05) is 29.6 Å². The number of rotatable bonds is 1. The van der Waals surface area contributed by atoms with Gasteiger partial charge in [-0.25, -0.2) is 0 Å². The number of hydrogen-bond acceptors (Lipinski definition) is 6. The molecule has 7 nitrogen and oxygen atoms in total. The van der Waals surface area contributed by atoms with Gasteiger partial charge in [0.15, 0.2) is 5.78 Å². The number of carbonyl (C=O) groups excluding carboxylic acids is 2. The van der Waals surface area contributed by atoms with Crippen LogP contribution in [0.5, 0.6) is 0 Å². The van der Waals surface area contributed by atoms with Gasteiger partial charge in [0.05, 0.1) is 0 Å². The van der Waals surface area contributed by atoms with Crippen molar-refractivity contribution in [2.75, 3.05) is 0 Å². The zero-order valence-electron chi connectivity index (χ0n) is 11.7. The molecule has 1 aromatic carbocycles. The van der Waals surface area contributed by atoms with Crippen molar-refractivity contribution in [1.82, 2.24) is 5.43 Å². The highest BCUT2D eigenvalue weighted by atomic mass is 32.2. The lowest BCUT2D eigenvalue weighted by Gasteiger charge is -2.12. The second-order valence-electron chi connectivity index (χ2n) is 4.37. The zero-order chi connectivity index (χ0) is 16.9. The average molecular weight is 332 g/mol. The van der Waals surface area contributed by atoms with Crippen molar-refractivity contribution in [3.05, 3.63) is 70.8 Å². The summed E-state index contributed by atoms with van der Waals surface area (Å²) < 4.78 is 30.5. The summed E-state index contributed by atoms with van der Waals surface area (Å²) in [5.74, 6) is -1.47. The molecule has 1 aliphatic heterocycles. The summed E-state index contributed by atoms with van der Waals surface area (Å²) in [7, 11) is -4.66. The van der Waals surface area contributed by atoms with Crippen LogP contribution in [-0.4, -0.2) is 30.8 Å². The van der Waals surface area contributed by atoms with Gasteiger partial charge in [-0.1, -0.05) is 30.3 Å². The number of fused-ring (bicyclic) bond motifs is 1. The van der Waals surface area contributed by atoms with Crippen molar-refractivity contribution in [3.63, 3.8) is 0 Å². The molecule has 8 heteroatoms. The minimum Gasteiger partial charge on any atom is -0.289 e. The molecule has 23 heavy (non-hydrogen) atoms. The van der Waals surface area contributed by atoms with Gasteiger partial charge in [0.1, 0.15) is 4.91 Å². The summed E-state index contributed by atoms with van der Waals surface area (Å²) in [5, 5.41) is 3.72. The standard InChI is InChI=1S/C10H6O5S.C5H6N2/c11-8-5-9(16(13,14)15)10(12)7-4-2-1-3-6(7)8;1-2-4-6-7-5-3-1/h1-5H,(H,13,14,15);1-6H. The maximum atomic E-state index is 11.6. The van der Waals surface area contributed by atoms with Crippen molar-refractivity contribution in [2.45, 2.75) is 0 Å². The van der Waals surface area contributed by atoms with E-state index in [-0.39, 0.29) is 11.1 Å². The molecule has 1 aliphatic carbocycles. The Morgan fingerprint density at radius 2 is 1.70 bits per heavy atom. The summed E-state index contributed by atoms with van der Waals surface area (Å²) in [6.07, 6.45) is 9.74. The molecule has 1 heterocycles. The Bertz CT molecular complexity index is 850. The van der Waals surface area contributed by atoms with Crippen LogP contribution in [0.4, 0.5) is 0 Å². The highest BCUT2D eigenvalue weighted by molar-refractivity contribution is 7.91. The van der Waals surface area contributed by atoms with E-state index in [0.717, 1.165) is 0 Å². The molecule has 0 amide bonds. The zero-order valence-corrected chi connectivity index (χ0v) is 12.5. The van der Waals surface area contributed by atoms with Crippen LogP contribution in [0.1, 0.15) is 20.7 Å². The van der Waals surface area contributed by atoms with E-state index in [4.69, 9.17) is 4.55 Å². The molecule has 0 fully saturated rings. The van der Waals surface area contributed by atoms with Crippen LogP contribution in [0.2, 0.25) is 0 Å². The smallest absolute Gasteiger partial charge is 0.289 e. The number of ketones is 2. The van der Waals surface area contributed by atoms with E-state index in [1.807, 2.05) is 18.2 Å².